The average molecular weight is 226 g/mol. The summed E-state index contributed by atoms with van der Waals surface area (Å²) in [7, 11) is 0. The highest BCUT2D eigenvalue weighted by atomic mass is 16.5. The molecule has 0 aromatic heterocycles. The molecular formula is C12H22N2O2. The van der Waals surface area contributed by atoms with Crippen LogP contribution in [-0.2, 0) is 9.53 Å². The van der Waals surface area contributed by atoms with Crippen LogP contribution in [-0.4, -0.2) is 49.7 Å². The molecule has 4 nitrogen and oxygen atoms in total. The summed E-state index contributed by atoms with van der Waals surface area (Å²) in [5, 5.41) is 3.28. The summed E-state index contributed by atoms with van der Waals surface area (Å²) < 4.78 is 5.49. The van der Waals surface area contributed by atoms with E-state index in [0.29, 0.717) is 19.1 Å². The summed E-state index contributed by atoms with van der Waals surface area (Å²) in [6.45, 7) is 6.20. The Morgan fingerprint density at radius 3 is 3.00 bits per heavy atom. The van der Waals surface area contributed by atoms with Crippen molar-refractivity contribution < 1.29 is 9.53 Å². The third-order valence-electron chi connectivity index (χ3n) is 3.33. The molecule has 16 heavy (non-hydrogen) atoms. The highest BCUT2D eigenvalue weighted by molar-refractivity contribution is 5.76. The summed E-state index contributed by atoms with van der Waals surface area (Å²) in [4.78, 5) is 13.9. The van der Waals surface area contributed by atoms with Crippen LogP contribution in [0.2, 0.25) is 0 Å². The number of piperazine rings is 1. The monoisotopic (exact) mass is 226 g/mol. The topological polar surface area (TPSA) is 41.6 Å². The minimum absolute atomic E-state index is 0.241. The van der Waals surface area contributed by atoms with Crippen molar-refractivity contribution in [3.8, 4) is 0 Å². The van der Waals surface area contributed by atoms with Crippen molar-refractivity contribution in [2.75, 3.05) is 32.8 Å². The SMILES string of the molecule is C[C@H]1CNCCN1C(=O)CCOCC1CC1. The number of nitrogens with one attached hydrogen (secondary N) is 1. The third-order valence-corrected chi connectivity index (χ3v) is 3.33. The van der Waals surface area contributed by atoms with Gasteiger partial charge in [0.15, 0.2) is 0 Å². The van der Waals surface area contributed by atoms with Gasteiger partial charge in [-0.05, 0) is 25.7 Å². The lowest BCUT2D eigenvalue weighted by Crippen LogP contribution is -2.52. The molecule has 2 fully saturated rings. The average Bonchev–Trinajstić information content (AvgIpc) is 3.08. The molecule has 2 aliphatic rings. The van der Waals surface area contributed by atoms with Crippen LogP contribution in [0, 0.1) is 5.92 Å². The lowest BCUT2D eigenvalue weighted by Gasteiger charge is -2.34. The third kappa shape index (κ3) is 3.46. The summed E-state index contributed by atoms with van der Waals surface area (Å²) in [6, 6.07) is 0.324. The van der Waals surface area contributed by atoms with Gasteiger partial charge in [-0.15, -0.1) is 0 Å². The normalized spacial score (nSPS) is 25.8. The second kappa shape index (κ2) is 5.64. The van der Waals surface area contributed by atoms with Gasteiger partial charge in [0.05, 0.1) is 13.0 Å². The Hall–Kier alpha value is -0.610. The molecule has 1 aliphatic carbocycles. The van der Waals surface area contributed by atoms with Gasteiger partial charge in [0.2, 0.25) is 5.91 Å². The number of hydrogen-bond donors (Lipinski definition) is 1. The molecule has 1 amide bonds. The summed E-state index contributed by atoms with van der Waals surface area (Å²) in [5.41, 5.74) is 0. The van der Waals surface area contributed by atoms with Crippen molar-refractivity contribution in [2.45, 2.75) is 32.2 Å². The molecule has 1 saturated carbocycles. The molecule has 0 bridgehead atoms. The highest BCUT2D eigenvalue weighted by Gasteiger charge is 2.23. The predicted octanol–water partition coefficient (Wildman–Crippen LogP) is 0.623. The Morgan fingerprint density at radius 2 is 2.31 bits per heavy atom. The first-order valence-corrected chi connectivity index (χ1v) is 6.35. The highest BCUT2D eigenvalue weighted by Crippen LogP contribution is 2.28. The summed E-state index contributed by atoms with van der Waals surface area (Å²) in [6.07, 6.45) is 3.16. The van der Waals surface area contributed by atoms with Crippen LogP contribution in [0.5, 0.6) is 0 Å². The van der Waals surface area contributed by atoms with E-state index in [1.807, 2.05) is 4.90 Å². The molecule has 1 aliphatic heterocycles. The summed E-state index contributed by atoms with van der Waals surface area (Å²) in [5.74, 6) is 1.03. The first-order chi connectivity index (χ1) is 7.77. The molecule has 1 atom stereocenters. The second-order valence-electron chi connectivity index (χ2n) is 4.91. The van der Waals surface area contributed by atoms with Crippen LogP contribution in [0.4, 0.5) is 0 Å². The van der Waals surface area contributed by atoms with Crippen LogP contribution in [0.25, 0.3) is 0 Å². The molecule has 1 heterocycles. The van der Waals surface area contributed by atoms with Gasteiger partial charge >= 0.3 is 0 Å². The number of carbonyl (C=O) groups is 1. The van der Waals surface area contributed by atoms with Crippen molar-refractivity contribution in [2.24, 2.45) is 5.92 Å². The number of amides is 1. The molecule has 1 N–H and O–H groups in total. The zero-order chi connectivity index (χ0) is 11.4. The standard InChI is InChI=1S/C12H22N2O2/c1-10-8-13-5-6-14(10)12(15)4-7-16-9-11-2-3-11/h10-11,13H,2-9H2,1H3/t10-/m0/s1. The van der Waals surface area contributed by atoms with E-state index in [4.69, 9.17) is 4.74 Å². The smallest absolute Gasteiger partial charge is 0.225 e. The lowest BCUT2D eigenvalue weighted by molar-refractivity contribution is -0.135. The van der Waals surface area contributed by atoms with Gasteiger partial charge in [0, 0.05) is 32.3 Å². The fourth-order valence-corrected chi connectivity index (χ4v) is 2.05. The number of hydrogen-bond acceptors (Lipinski definition) is 3. The first-order valence-electron chi connectivity index (χ1n) is 6.35. The predicted molar refractivity (Wildman–Crippen MR) is 62.2 cm³/mol. The van der Waals surface area contributed by atoms with Crippen molar-refractivity contribution in [1.29, 1.82) is 0 Å². The van der Waals surface area contributed by atoms with Crippen LogP contribution in [0.1, 0.15) is 26.2 Å². The maximum atomic E-state index is 11.9. The number of carbonyl (C=O) groups excluding carboxylic acids is 1. The molecule has 0 aromatic rings. The molecule has 0 radical (unpaired) electrons. The van der Waals surface area contributed by atoms with E-state index >= 15 is 0 Å². The van der Waals surface area contributed by atoms with Crippen LogP contribution in [0.3, 0.4) is 0 Å². The fraction of sp³-hybridized carbons (Fsp3) is 0.917. The van der Waals surface area contributed by atoms with E-state index in [1.165, 1.54) is 12.8 Å². The zero-order valence-electron chi connectivity index (χ0n) is 10.1. The zero-order valence-corrected chi connectivity index (χ0v) is 10.1. The van der Waals surface area contributed by atoms with Crippen molar-refractivity contribution in [1.82, 2.24) is 10.2 Å². The van der Waals surface area contributed by atoms with E-state index in [2.05, 4.69) is 12.2 Å². The van der Waals surface area contributed by atoms with Crippen LogP contribution >= 0.6 is 0 Å². The summed E-state index contributed by atoms with van der Waals surface area (Å²) >= 11 is 0. The molecule has 2 rings (SSSR count). The molecule has 0 spiro atoms. The Morgan fingerprint density at radius 1 is 1.50 bits per heavy atom. The molecular weight excluding hydrogens is 204 g/mol. The van der Waals surface area contributed by atoms with E-state index in [0.717, 1.165) is 32.2 Å². The van der Waals surface area contributed by atoms with E-state index in [9.17, 15) is 4.79 Å². The minimum atomic E-state index is 0.241. The van der Waals surface area contributed by atoms with Gasteiger partial charge in [-0.25, -0.2) is 0 Å². The van der Waals surface area contributed by atoms with Gasteiger partial charge in [0.25, 0.3) is 0 Å². The Bertz CT molecular complexity index is 241. The largest absolute Gasteiger partial charge is 0.381 e. The molecule has 92 valence electrons. The fourth-order valence-electron chi connectivity index (χ4n) is 2.05. The quantitative estimate of drug-likeness (QED) is 0.699. The van der Waals surface area contributed by atoms with Crippen molar-refractivity contribution >= 4 is 5.91 Å². The minimum Gasteiger partial charge on any atom is -0.381 e. The maximum Gasteiger partial charge on any atom is 0.225 e. The van der Waals surface area contributed by atoms with Crippen molar-refractivity contribution in [3.05, 3.63) is 0 Å². The van der Waals surface area contributed by atoms with E-state index < -0.39 is 0 Å². The Labute approximate surface area is 97.3 Å². The molecule has 0 unspecified atom stereocenters. The Kier molecular flexibility index (Phi) is 4.18. The maximum absolute atomic E-state index is 11.9. The van der Waals surface area contributed by atoms with Crippen molar-refractivity contribution in [3.63, 3.8) is 0 Å². The van der Waals surface area contributed by atoms with Crippen LogP contribution in [0.15, 0.2) is 0 Å². The lowest BCUT2D eigenvalue weighted by atomic mass is 10.2. The van der Waals surface area contributed by atoms with E-state index in [-0.39, 0.29) is 5.91 Å². The van der Waals surface area contributed by atoms with E-state index in [1.54, 1.807) is 0 Å². The van der Waals surface area contributed by atoms with Gasteiger partial charge in [-0.1, -0.05) is 0 Å². The first kappa shape index (κ1) is 11.9. The molecule has 4 heteroatoms. The molecule has 0 aromatic carbocycles. The van der Waals surface area contributed by atoms with Gasteiger partial charge in [-0.2, -0.15) is 0 Å². The number of nitrogens with zero attached hydrogens (tertiary/aromatic N) is 1. The Balaban J connectivity index is 1.61. The van der Waals surface area contributed by atoms with Crippen LogP contribution < -0.4 is 5.32 Å². The van der Waals surface area contributed by atoms with Gasteiger partial charge < -0.3 is 15.0 Å². The number of rotatable bonds is 5. The number of ether oxygens (including phenoxy) is 1. The molecule has 1 saturated heterocycles. The van der Waals surface area contributed by atoms with Gasteiger partial charge in [-0.3, -0.25) is 4.79 Å². The second-order valence-corrected chi connectivity index (χ2v) is 4.91. The van der Waals surface area contributed by atoms with Gasteiger partial charge in [0.1, 0.15) is 0 Å².